The number of rotatable bonds is 17. The maximum absolute atomic E-state index is 14.1. The highest BCUT2D eigenvalue weighted by molar-refractivity contribution is 8.00. The number of anilines is 1. The van der Waals surface area contributed by atoms with Gasteiger partial charge in [0.1, 0.15) is 41.1 Å². The number of ether oxygens (including phenoxy) is 3. The molecule has 1 fully saturated rings. The van der Waals surface area contributed by atoms with Gasteiger partial charge in [-0.3, -0.25) is 14.5 Å². The number of carbonyl (C=O) groups is 5. The molecule has 0 radical (unpaired) electrons. The number of hydrogen-bond donors (Lipinski definition) is 3. The number of nitrogens with two attached hydrogens (primary N) is 1. The summed E-state index contributed by atoms with van der Waals surface area (Å²) >= 11 is 2.40. The van der Waals surface area contributed by atoms with E-state index in [2.05, 4.69) is 27.4 Å². The average Bonchev–Trinajstić information content (AvgIpc) is 3.76. The first-order valence-electron chi connectivity index (χ1n) is 20.9. The highest BCUT2D eigenvalue weighted by Gasteiger charge is 2.54. The molecule has 66 heavy (non-hydrogen) atoms. The third-order valence-electron chi connectivity index (χ3n) is 10.2. The summed E-state index contributed by atoms with van der Waals surface area (Å²) in [6.07, 6.45) is -1.07. The Balaban J connectivity index is 1.06. The molecular weight excluding hydrogens is 881 g/mol. The number of oxime groups is 1. The van der Waals surface area contributed by atoms with Crippen LogP contribution in [0.2, 0.25) is 0 Å². The standard InChI is InChI=1S/C49H48N6O9S2/c1-5-30-28-65-44-38(43(57)55(44)39(30)46(59)63-41(33-22-14-8-15-23-33)34-24-16-9-17-25-34)53-42(56)37(36-29-66-47(50)51-36)54-61-27-26-35(52-48(60)64-49(2,3)4)45(58)62-40(31-18-10-6-11-19-31)32-20-12-7-13-21-32/h5-25,29,35,38,40-41,44H,1,26-28H2,2-4H3,(H2,50,51)(H,52,60)(H,53,56)/b54-37-/t35?,38?,44-/m1/s1. The lowest BCUT2D eigenvalue weighted by molar-refractivity contribution is -0.154. The van der Waals surface area contributed by atoms with Crippen molar-refractivity contribution in [3.63, 3.8) is 0 Å². The number of thiazole rings is 1. The Labute approximate surface area is 390 Å². The number of aromatic nitrogens is 1. The molecule has 7 rings (SSSR count). The van der Waals surface area contributed by atoms with Gasteiger partial charge in [-0.15, -0.1) is 23.1 Å². The van der Waals surface area contributed by atoms with Gasteiger partial charge in [0.15, 0.2) is 23.1 Å². The molecule has 2 unspecified atom stereocenters. The second-order valence-corrected chi connectivity index (χ2v) is 18.0. The number of fused-ring (bicyclic) bond motifs is 1. The summed E-state index contributed by atoms with van der Waals surface area (Å²) < 4.78 is 17.7. The van der Waals surface area contributed by atoms with E-state index in [1.807, 2.05) is 121 Å². The number of benzene rings is 4. The quantitative estimate of drug-likeness (QED) is 0.0211. The van der Waals surface area contributed by atoms with E-state index in [9.17, 15) is 24.0 Å². The largest absolute Gasteiger partial charge is 0.451 e. The van der Waals surface area contributed by atoms with Crippen LogP contribution < -0.4 is 16.4 Å². The number of alkyl carbamates (subject to hydrolysis) is 1. The fourth-order valence-electron chi connectivity index (χ4n) is 7.11. The first kappa shape index (κ1) is 46.7. The maximum atomic E-state index is 14.1. The molecule has 4 N–H and O–H groups in total. The van der Waals surface area contributed by atoms with Gasteiger partial charge in [0, 0.05) is 17.6 Å². The summed E-state index contributed by atoms with van der Waals surface area (Å²) in [5, 5.41) is 10.4. The van der Waals surface area contributed by atoms with Gasteiger partial charge < -0.3 is 35.4 Å². The molecule has 3 amide bonds. The molecule has 1 aromatic heterocycles. The van der Waals surface area contributed by atoms with Gasteiger partial charge in [-0.2, -0.15) is 0 Å². The fraction of sp³-hybridized carbons (Fsp3) is 0.245. The van der Waals surface area contributed by atoms with E-state index in [0.717, 1.165) is 22.5 Å². The van der Waals surface area contributed by atoms with E-state index < -0.39 is 65.1 Å². The maximum Gasteiger partial charge on any atom is 0.408 e. The summed E-state index contributed by atoms with van der Waals surface area (Å²) in [6.45, 7) is 8.65. The second kappa shape index (κ2) is 21.2. The average molecular weight is 929 g/mol. The van der Waals surface area contributed by atoms with Crippen molar-refractivity contribution in [2.45, 2.75) is 62.5 Å². The first-order chi connectivity index (χ1) is 31.8. The zero-order chi connectivity index (χ0) is 46.8. The topological polar surface area (TPSA) is 201 Å². The third-order valence-corrected chi connectivity index (χ3v) is 12.2. The molecule has 3 atom stereocenters. The number of β-lactam (4-membered cyclic amide) rings is 1. The lowest BCUT2D eigenvalue weighted by Crippen LogP contribution is -2.71. The minimum absolute atomic E-state index is 0.0394. The van der Waals surface area contributed by atoms with Crippen molar-refractivity contribution in [1.82, 2.24) is 20.5 Å². The van der Waals surface area contributed by atoms with Crippen LogP contribution in [0.5, 0.6) is 0 Å². The molecule has 15 nitrogen and oxygen atoms in total. The van der Waals surface area contributed by atoms with Crippen LogP contribution in [0.3, 0.4) is 0 Å². The van der Waals surface area contributed by atoms with Gasteiger partial charge in [0.25, 0.3) is 11.8 Å². The van der Waals surface area contributed by atoms with Crippen LogP contribution >= 0.6 is 23.1 Å². The van der Waals surface area contributed by atoms with Gasteiger partial charge in [-0.1, -0.05) is 139 Å². The number of nitrogens with one attached hydrogen (secondary N) is 2. The smallest absolute Gasteiger partial charge is 0.408 e. The number of allylic oxidation sites excluding steroid dienone is 1. The van der Waals surface area contributed by atoms with Crippen molar-refractivity contribution in [3.05, 3.63) is 179 Å². The molecule has 340 valence electrons. The molecule has 0 spiro atoms. The van der Waals surface area contributed by atoms with Crippen LogP contribution in [-0.2, 0) is 38.2 Å². The predicted molar refractivity (Wildman–Crippen MR) is 251 cm³/mol. The van der Waals surface area contributed by atoms with Crippen molar-refractivity contribution in [2.75, 3.05) is 18.1 Å². The van der Waals surface area contributed by atoms with Crippen molar-refractivity contribution >= 4 is 63.8 Å². The van der Waals surface area contributed by atoms with E-state index >= 15 is 0 Å². The van der Waals surface area contributed by atoms with Crippen LogP contribution in [0.1, 0.15) is 67.3 Å². The zero-order valence-corrected chi connectivity index (χ0v) is 38.0. The highest BCUT2D eigenvalue weighted by Crippen LogP contribution is 2.42. The minimum Gasteiger partial charge on any atom is -0.451 e. The number of esters is 2. The highest BCUT2D eigenvalue weighted by atomic mass is 32.2. The number of nitrogens with zero attached hydrogens (tertiary/aromatic N) is 3. The van der Waals surface area contributed by atoms with Crippen LogP contribution in [0.4, 0.5) is 9.93 Å². The number of carbonyl (C=O) groups excluding carboxylic acids is 5. The van der Waals surface area contributed by atoms with Gasteiger partial charge >= 0.3 is 18.0 Å². The Kier molecular flexibility index (Phi) is 15.0. The minimum atomic E-state index is -1.27. The summed E-state index contributed by atoms with van der Waals surface area (Å²) in [5.74, 6) is -2.56. The lowest BCUT2D eigenvalue weighted by Gasteiger charge is -2.49. The Bertz CT molecular complexity index is 2520. The monoisotopic (exact) mass is 928 g/mol. The van der Waals surface area contributed by atoms with Crippen molar-refractivity contribution in [1.29, 1.82) is 0 Å². The lowest BCUT2D eigenvalue weighted by atomic mass is 10.0. The van der Waals surface area contributed by atoms with Gasteiger partial charge in [0.05, 0.1) is 0 Å². The Hall–Kier alpha value is -7.24. The molecule has 0 aliphatic carbocycles. The summed E-state index contributed by atoms with van der Waals surface area (Å²) in [4.78, 5) is 80.2. The van der Waals surface area contributed by atoms with E-state index in [1.54, 1.807) is 20.8 Å². The number of hydrogen-bond acceptors (Lipinski definition) is 14. The molecule has 0 saturated carbocycles. The number of amides is 3. The SMILES string of the molecule is C=CC1=C(C(=O)OC(c2ccccc2)c2ccccc2)N2C(=O)C(NC(=O)/C(=N\OCCC(NC(=O)OC(C)(C)C)C(=O)OC(c3ccccc3)c3ccccc3)c3csc(N)n3)[C@H]2SC1. The number of nitrogen functional groups attached to an aromatic ring is 1. The second-order valence-electron chi connectivity index (χ2n) is 16.0. The summed E-state index contributed by atoms with van der Waals surface area (Å²) in [5.41, 5.74) is 8.28. The molecule has 2 aliphatic heterocycles. The predicted octanol–water partition coefficient (Wildman–Crippen LogP) is 7.24. The molecule has 17 heteroatoms. The van der Waals surface area contributed by atoms with Gasteiger partial charge in [0.2, 0.25) is 0 Å². The van der Waals surface area contributed by atoms with Crippen molar-refractivity contribution in [2.24, 2.45) is 5.16 Å². The molecule has 1 saturated heterocycles. The molecular formula is C49H48N6O9S2. The summed E-state index contributed by atoms with van der Waals surface area (Å²) in [6, 6.07) is 34.5. The zero-order valence-electron chi connectivity index (χ0n) is 36.3. The molecule has 4 aromatic carbocycles. The van der Waals surface area contributed by atoms with E-state index in [1.165, 1.54) is 28.1 Å². The number of thioether (sulfide) groups is 1. The van der Waals surface area contributed by atoms with E-state index in [0.29, 0.717) is 22.5 Å². The Morgan fingerprint density at radius 2 is 1.39 bits per heavy atom. The molecule has 5 aromatic rings. The Morgan fingerprint density at radius 3 is 1.88 bits per heavy atom. The van der Waals surface area contributed by atoms with Crippen LogP contribution in [-0.4, -0.2) is 80.9 Å². The normalized spacial score (nSPS) is 16.4. The van der Waals surface area contributed by atoms with Gasteiger partial charge in [-0.25, -0.2) is 19.4 Å². The summed E-state index contributed by atoms with van der Waals surface area (Å²) in [7, 11) is 0. The first-order valence-corrected chi connectivity index (χ1v) is 22.9. The van der Waals surface area contributed by atoms with Crippen LogP contribution in [0.25, 0.3) is 0 Å². The van der Waals surface area contributed by atoms with Crippen molar-refractivity contribution < 1.29 is 43.0 Å². The molecule has 0 bridgehead atoms. The molecule has 2 aliphatic rings. The van der Waals surface area contributed by atoms with Crippen LogP contribution in [0.15, 0.2) is 156 Å². The van der Waals surface area contributed by atoms with Crippen molar-refractivity contribution in [3.8, 4) is 0 Å². The van der Waals surface area contributed by atoms with E-state index in [-0.39, 0.29) is 35.3 Å². The fourth-order valence-corrected chi connectivity index (χ4v) is 9.00. The van der Waals surface area contributed by atoms with Gasteiger partial charge in [-0.05, 0) is 48.6 Å². The molecule has 3 heterocycles. The van der Waals surface area contributed by atoms with E-state index in [4.69, 9.17) is 24.8 Å². The Morgan fingerprint density at radius 1 is 0.864 bits per heavy atom. The van der Waals surface area contributed by atoms with Crippen LogP contribution in [0, 0.1) is 0 Å². The third kappa shape index (κ3) is 11.3.